The molecular weight excluding hydrogens is 440 g/mol. The Morgan fingerprint density at radius 2 is 1.85 bits per heavy atom. The van der Waals surface area contributed by atoms with E-state index in [-0.39, 0.29) is 11.4 Å². The normalized spacial score (nSPS) is 34.2. The van der Waals surface area contributed by atoms with E-state index in [0.29, 0.717) is 37.1 Å². The summed E-state index contributed by atoms with van der Waals surface area (Å²) in [5.74, 6) is -4.97. The molecular formula is C25H28N2O7. The van der Waals surface area contributed by atoms with Crippen molar-refractivity contribution in [3.63, 3.8) is 0 Å². The molecule has 9 nitrogen and oxygen atoms in total. The van der Waals surface area contributed by atoms with Gasteiger partial charge in [-0.05, 0) is 32.3 Å². The van der Waals surface area contributed by atoms with Crippen molar-refractivity contribution in [2.45, 2.75) is 50.6 Å². The molecule has 5 rings (SSSR count). The van der Waals surface area contributed by atoms with E-state index in [0.717, 1.165) is 0 Å². The number of allylic oxidation sites excluding steroid dienone is 1. The van der Waals surface area contributed by atoms with E-state index < -0.39 is 47.2 Å². The zero-order valence-electron chi connectivity index (χ0n) is 19.7. The number of carbonyl (C=O) groups is 4. The van der Waals surface area contributed by atoms with Gasteiger partial charge < -0.3 is 19.1 Å². The van der Waals surface area contributed by atoms with Crippen LogP contribution in [-0.4, -0.2) is 65.6 Å². The molecule has 34 heavy (non-hydrogen) atoms. The first-order valence-electron chi connectivity index (χ1n) is 11.6. The topological polar surface area (TPSA) is 102 Å². The van der Waals surface area contributed by atoms with Crippen molar-refractivity contribution in [1.82, 2.24) is 9.80 Å². The number of rotatable bonds is 4. The lowest BCUT2D eigenvalue weighted by atomic mass is 9.65. The van der Waals surface area contributed by atoms with Crippen molar-refractivity contribution >= 4 is 23.6 Å². The van der Waals surface area contributed by atoms with Gasteiger partial charge in [-0.15, -0.1) is 0 Å². The molecule has 3 heterocycles. The van der Waals surface area contributed by atoms with Gasteiger partial charge in [-0.2, -0.15) is 0 Å². The lowest BCUT2D eigenvalue weighted by Crippen LogP contribution is -2.71. The molecule has 2 bridgehead atoms. The number of methoxy groups -OCH3 is 2. The number of nitrogens with zero attached hydrogens (tertiary/aromatic N) is 2. The number of amides is 1. The fourth-order valence-electron chi connectivity index (χ4n) is 6.64. The Labute approximate surface area is 197 Å². The summed E-state index contributed by atoms with van der Waals surface area (Å²) in [6.07, 6.45) is 1.40. The van der Waals surface area contributed by atoms with Crippen LogP contribution < -0.4 is 0 Å². The van der Waals surface area contributed by atoms with Gasteiger partial charge in [0, 0.05) is 24.6 Å². The van der Waals surface area contributed by atoms with Gasteiger partial charge in [0.2, 0.25) is 5.85 Å². The van der Waals surface area contributed by atoms with Crippen LogP contribution in [-0.2, 0) is 33.4 Å². The second kappa shape index (κ2) is 7.66. The quantitative estimate of drug-likeness (QED) is 0.488. The summed E-state index contributed by atoms with van der Waals surface area (Å²) < 4.78 is 16.8. The standard InChI is InChI=1S/C25H28N2O7/c1-5-26-14(2)18(21(29)32-3)20(15-10-7-6-8-11-15)27-22(30)24(23(31)33-4)16-12-9-13-17(28)19(16)25(26,27)34-24/h6-8,10-11,16,19-20H,5,9,12-13H2,1-4H3/t16-,19-,20?,24?,25-/m0/s1. The van der Waals surface area contributed by atoms with Crippen molar-refractivity contribution < 1.29 is 33.4 Å². The third kappa shape index (κ3) is 2.48. The zero-order chi connectivity index (χ0) is 24.4. The third-order valence-corrected chi connectivity index (χ3v) is 7.85. The minimum Gasteiger partial charge on any atom is -0.466 e. The lowest BCUT2D eigenvalue weighted by molar-refractivity contribution is -0.223. The summed E-state index contributed by atoms with van der Waals surface area (Å²) >= 11 is 0. The minimum absolute atomic E-state index is 0.0564. The number of ether oxygens (including phenoxy) is 3. The summed E-state index contributed by atoms with van der Waals surface area (Å²) in [6.45, 7) is 3.97. The van der Waals surface area contributed by atoms with Crippen molar-refractivity contribution in [2.24, 2.45) is 11.8 Å². The van der Waals surface area contributed by atoms with Gasteiger partial charge in [0.1, 0.15) is 5.78 Å². The van der Waals surface area contributed by atoms with Crippen LogP contribution in [0.3, 0.4) is 0 Å². The fraction of sp³-hybridized carbons (Fsp3) is 0.520. The van der Waals surface area contributed by atoms with Crippen molar-refractivity contribution in [3.05, 3.63) is 47.2 Å². The van der Waals surface area contributed by atoms with Crippen LogP contribution in [0, 0.1) is 11.8 Å². The minimum atomic E-state index is -1.94. The molecule has 2 saturated heterocycles. The van der Waals surface area contributed by atoms with Gasteiger partial charge >= 0.3 is 11.9 Å². The maximum absolute atomic E-state index is 14.3. The summed E-state index contributed by atoms with van der Waals surface area (Å²) in [5.41, 5.74) is -0.471. The number of hydrogen-bond donors (Lipinski definition) is 0. The maximum Gasteiger partial charge on any atom is 0.348 e. The van der Waals surface area contributed by atoms with E-state index >= 15 is 0 Å². The average molecular weight is 469 g/mol. The molecule has 1 aromatic rings. The average Bonchev–Trinajstić information content (AvgIpc) is 3.30. The summed E-state index contributed by atoms with van der Waals surface area (Å²) in [6, 6.07) is 8.16. The highest BCUT2D eigenvalue weighted by atomic mass is 16.6. The first-order chi connectivity index (χ1) is 16.3. The highest BCUT2D eigenvalue weighted by molar-refractivity contribution is 6.12. The number of fused-ring (bicyclic) bond motifs is 3. The van der Waals surface area contributed by atoms with Gasteiger partial charge in [-0.3, -0.25) is 14.5 Å². The number of carbonyl (C=O) groups excluding carboxylic acids is 4. The smallest absolute Gasteiger partial charge is 0.348 e. The van der Waals surface area contributed by atoms with E-state index in [1.807, 2.05) is 25.1 Å². The summed E-state index contributed by atoms with van der Waals surface area (Å²) in [4.78, 5) is 57.3. The van der Waals surface area contributed by atoms with E-state index in [1.54, 1.807) is 24.0 Å². The number of benzene rings is 1. The van der Waals surface area contributed by atoms with Gasteiger partial charge in [0.25, 0.3) is 11.5 Å². The Hall–Kier alpha value is -3.20. The highest BCUT2D eigenvalue weighted by Crippen LogP contribution is 2.65. The number of ketones is 1. The molecule has 0 radical (unpaired) electrons. The van der Waals surface area contributed by atoms with Crippen molar-refractivity contribution in [3.8, 4) is 0 Å². The molecule has 9 heteroatoms. The van der Waals surface area contributed by atoms with Crippen molar-refractivity contribution in [1.29, 1.82) is 0 Å². The Morgan fingerprint density at radius 1 is 1.15 bits per heavy atom. The second-order valence-corrected chi connectivity index (χ2v) is 9.15. The molecule has 0 aromatic heterocycles. The number of esters is 2. The van der Waals surface area contributed by atoms with Gasteiger partial charge in [0.15, 0.2) is 0 Å². The first-order valence-corrected chi connectivity index (χ1v) is 11.6. The molecule has 3 aliphatic heterocycles. The van der Waals surface area contributed by atoms with Crippen LogP contribution >= 0.6 is 0 Å². The number of hydrogen-bond acceptors (Lipinski definition) is 8. The van der Waals surface area contributed by atoms with Gasteiger partial charge in [0.05, 0.1) is 31.8 Å². The van der Waals surface area contributed by atoms with Crippen LogP contribution in [0.15, 0.2) is 41.6 Å². The predicted octanol–water partition coefficient (Wildman–Crippen LogP) is 1.93. The molecule has 1 aliphatic carbocycles. The molecule has 0 N–H and O–H groups in total. The summed E-state index contributed by atoms with van der Waals surface area (Å²) in [5, 5.41) is 0. The Kier molecular flexibility index (Phi) is 5.09. The zero-order valence-corrected chi connectivity index (χ0v) is 19.7. The van der Waals surface area contributed by atoms with Crippen LogP contribution in [0.4, 0.5) is 0 Å². The van der Waals surface area contributed by atoms with E-state index in [1.165, 1.54) is 19.1 Å². The molecule has 1 saturated carbocycles. The lowest BCUT2D eigenvalue weighted by Gasteiger charge is -2.56. The van der Waals surface area contributed by atoms with E-state index in [4.69, 9.17) is 14.2 Å². The summed E-state index contributed by atoms with van der Waals surface area (Å²) in [7, 11) is 2.50. The molecule has 180 valence electrons. The largest absolute Gasteiger partial charge is 0.466 e. The number of piperidine rings is 1. The second-order valence-electron chi connectivity index (χ2n) is 9.15. The molecule has 3 fully saturated rings. The van der Waals surface area contributed by atoms with E-state index in [9.17, 15) is 19.2 Å². The molecule has 1 aromatic carbocycles. The third-order valence-electron chi connectivity index (χ3n) is 7.85. The fourth-order valence-corrected chi connectivity index (χ4v) is 6.64. The SMILES string of the molecule is CCN1C(C)=C(C(=O)OC)C(c2ccccc2)N2C(=O)C3(C(=O)OC)O[C@@]12[C@@H]1C(=O)CCC[C@@H]13. The molecule has 2 unspecified atom stereocenters. The molecule has 5 atom stereocenters. The van der Waals surface area contributed by atoms with Crippen LogP contribution in [0.25, 0.3) is 0 Å². The molecule has 1 spiro atoms. The monoisotopic (exact) mass is 468 g/mol. The number of Topliss-reactive ketones (excluding diaryl/α,β-unsaturated/α-hetero) is 1. The van der Waals surface area contributed by atoms with Crippen LogP contribution in [0.1, 0.15) is 44.7 Å². The van der Waals surface area contributed by atoms with Gasteiger partial charge in [-0.25, -0.2) is 9.59 Å². The molecule has 4 aliphatic rings. The van der Waals surface area contributed by atoms with E-state index in [2.05, 4.69) is 0 Å². The highest BCUT2D eigenvalue weighted by Gasteiger charge is 2.84. The molecule has 1 amide bonds. The van der Waals surface area contributed by atoms with Crippen LogP contribution in [0.5, 0.6) is 0 Å². The first kappa shape index (κ1) is 22.6. The predicted molar refractivity (Wildman–Crippen MR) is 118 cm³/mol. The Bertz CT molecular complexity index is 1120. The van der Waals surface area contributed by atoms with Gasteiger partial charge in [-0.1, -0.05) is 30.3 Å². The van der Waals surface area contributed by atoms with Crippen LogP contribution in [0.2, 0.25) is 0 Å². The van der Waals surface area contributed by atoms with Crippen molar-refractivity contribution in [2.75, 3.05) is 20.8 Å². The maximum atomic E-state index is 14.3. The Balaban J connectivity index is 1.85. The Morgan fingerprint density at radius 3 is 2.47 bits per heavy atom.